The molecular weight excluding hydrogens is 428 g/mol. The summed E-state index contributed by atoms with van der Waals surface area (Å²) >= 11 is 0. The molecule has 0 heterocycles. The highest BCUT2D eigenvalue weighted by molar-refractivity contribution is 5.85. The maximum atomic E-state index is 12.0. The van der Waals surface area contributed by atoms with E-state index >= 15 is 0 Å². The summed E-state index contributed by atoms with van der Waals surface area (Å²) in [6.07, 6.45) is -0.810. The molecule has 0 aliphatic heterocycles. The Hall–Kier alpha value is -3.67. The minimum Gasteiger partial charge on any atom is -0.481 e. The van der Waals surface area contributed by atoms with Gasteiger partial charge in [0.25, 0.3) is 0 Å². The molecular formula is C20H26N2O10. The molecule has 0 saturated heterocycles. The van der Waals surface area contributed by atoms with E-state index in [0.717, 1.165) is 5.56 Å². The highest BCUT2D eigenvalue weighted by Gasteiger charge is 2.31. The van der Waals surface area contributed by atoms with E-state index in [4.69, 9.17) is 14.9 Å². The number of carboxylic acid groups (broad SMARTS) is 3. The number of rotatable bonds is 14. The van der Waals surface area contributed by atoms with Crippen LogP contribution in [-0.4, -0.2) is 67.6 Å². The maximum Gasteiger partial charge on any atom is 0.342 e. The zero-order chi connectivity index (χ0) is 24.1. The molecule has 12 nitrogen and oxygen atoms in total. The van der Waals surface area contributed by atoms with Crippen LogP contribution < -0.4 is 5.32 Å². The summed E-state index contributed by atoms with van der Waals surface area (Å²) in [6.45, 7) is 0.106. The topological polar surface area (TPSA) is 191 Å². The Morgan fingerprint density at radius 3 is 2.12 bits per heavy atom. The summed E-state index contributed by atoms with van der Waals surface area (Å²) in [4.78, 5) is 56.9. The number of carbonyl (C=O) groups excluding carboxylic acids is 2. The van der Waals surface area contributed by atoms with Gasteiger partial charge in [0.2, 0.25) is 0 Å². The van der Waals surface area contributed by atoms with Crippen molar-refractivity contribution in [2.24, 2.45) is 0 Å². The third-order valence-electron chi connectivity index (χ3n) is 4.38. The number of nitrogens with zero attached hydrogens (tertiary/aromatic N) is 1. The maximum absolute atomic E-state index is 12.0. The fourth-order valence-electron chi connectivity index (χ4n) is 2.65. The first kappa shape index (κ1) is 26.4. The molecule has 0 bridgehead atoms. The molecule has 0 aliphatic rings. The van der Waals surface area contributed by atoms with Crippen molar-refractivity contribution >= 4 is 29.9 Å². The molecule has 5 N–H and O–H groups in total. The number of nitrogens with one attached hydrogen (secondary N) is 1. The number of carbonyl (C=O) groups is 5. The van der Waals surface area contributed by atoms with Gasteiger partial charge in [-0.15, -0.1) is 0 Å². The number of unbranched alkanes of at least 4 members (excludes halogenated alkanes) is 1. The molecule has 12 heteroatoms. The minimum atomic E-state index is -1.69. The molecule has 1 unspecified atom stereocenters. The predicted molar refractivity (Wildman–Crippen MR) is 107 cm³/mol. The van der Waals surface area contributed by atoms with Crippen molar-refractivity contribution < 1.29 is 49.2 Å². The third-order valence-corrected chi connectivity index (χ3v) is 4.38. The number of hydroxylamine groups is 2. The average Bonchev–Trinajstić information content (AvgIpc) is 2.74. The van der Waals surface area contributed by atoms with Gasteiger partial charge in [0.1, 0.15) is 12.6 Å². The number of aliphatic carboxylic acids is 3. The second kappa shape index (κ2) is 13.6. The number of ether oxygens (including phenoxy) is 1. The lowest BCUT2D eigenvalue weighted by Gasteiger charge is -2.24. The predicted octanol–water partition coefficient (Wildman–Crippen LogP) is 1.46. The fourth-order valence-corrected chi connectivity index (χ4v) is 2.65. The highest BCUT2D eigenvalue weighted by Crippen LogP contribution is 2.12. The number of hydrogen-bond acceptors (Lipinski definition) is 7. The number of urea groups is 1. The van der Waals surface area contributed by atoms with Gasteiger partial charge in [-0.05, 0) is 24.8 Å². The van der Waals surface area contributed by atoms with Crippen LogP contribution in [0.4, 0.5) is 4.79 Å². The van der Waals surface area contributed by atoms with E-state index in [0.29, 0.717) is 0 Å². The Kier molecular flexibility index (Phi) is 11.2. The minimum absolute atomic E-state index is 0.00702. The summed E-state index contributed by atoms with van der Waals surface area (Å²) in [6, 6.07) is 4.31. The lowest BCUT2D eigenvalue weighted by atomic mass is 10.1. The number of benzene rings is 1. The average molecular weight is 454 g/mol. The first-order valence-corrected chi connectivity index (χ1v) is 9.77. The van der Waals surface area contributed by atoms with Gasteiger partial charge in [0.05, 0.1) is 0 Å². The zero-order valence-corrected chi connectivity index (χ0v) is 17.2. The molecule has 0 radical (unpaired) electrons. The molecule has 2 amide bonds. The SMILES string of the molecule is O=C(O)CC[C@H](NC(=O)N(O)C(CCCCC(=O)OCc1ccccc1)C(=O)O)C(=O)O. The van der Waals surface area contributed by atoms with E-state index in [9.17, 15) is 34.3 Å². The lowest BCUT2D eigenvalue weighted by molar-refractivity contribution is -0.157. The first-order valence-electron chi connectivity index (χ1n) is 9.77. The number of carboxylic acids is 3. The van der Waals surface area contributed by atoms with E-state index < -0.39 is 54.8 Å². The molecule has 1 rings (SSSR count). The Balaban J connectivity index is 2.47. The standard InChI is InChI=1S/C20H26N2O10/c23-16(24)11-10-14(18(26)27)21-20(30)22(31)15(19(28)29)8-4-5-9-17(25)32-12-13-6-2-1-3-7-13/h1-3,6-7,14-15,31H,4-5,8-12H2,(H,21,30)(H,23,24)(H,26,27)(H,28,29)/t14-,15?/m0/s1. The van der Waals surface area contributed by atoms with Crippen LogP contribution in [0.5, 0.6) is 0 Å². The summed E-state index contributed by atoms with van der Waals surface area (Å²) in [7, 11) is 0. The van der Waals surface area contributed by atoms with Gasteiger partial charge >= 0.3 is 29.9 Å². The Bertz CT molecular complexity index is 799. The van der Waals surface area contributed by atoms with E-state index in [-0.39, 0.29) is 37.4 Å². The van der Waals surface area contributed by atoms with Crippen molar-refractivity contribution in [1.82, 2.24) is 10.4 Å². The normalized spacial score (nSPS) is 12.3. The summed E-state index contributed by atoms with van der Waals surface area (Å²) in [5.74, 6) is -4.83. The Labute approximate surface area is 183 Å². The van der Waals surface area contributed by atoms with Gasteiger partial charge in [-0.2, -0.15) is 5.06 Å². The van der Waals surface area contributed by atoms with Crippen LogP contribution in [0.2, 0.25) is 0 Å². The van der Waals surface area contributed by atoms with Crippen molar-refractivity contribution in [3.8, 4) is 0 Å². The van der Waals surface area contributed by atoms with Crippen LogP contribution in [-0.2, 0) is 30.5 Å². The summed E-state index contributed by atoms with van der Waals surface area (Å²) in [5, 5.41) is 38.6. The molecule has 2 atom stereocenters. The van der Waals surface area contributed by atoms with Crippen molar-refractivity contribution in [3.63, 3.8) is 0 Å². The summed E-state index contributed by atoms with van der Waals surface area (Å²) in [5.41, 5.74) is 0.816. The third kappa shape index (κ3) is 9.89. The lowest BCUT2D eigenvalue weighted by Crippen LogP contribution is -2.52. The van der Waals surface area contributed by atoms with Gasteiger partial charge in [-0.1, -0.05) is 36.8 Å². The van der Waals surface area contributed by atoms with Crippen molar-refractivity contribution in [1.29, 1.82) is 0 Å². The van der Waals surface area contributed by atoms with Crippen LogP contribution in [0.25, 0.3) is 0 Å². The van der Waals surface area contributed by atoms with Gasteiger partial charge in [0.15, 0.2) is 6.04 Å². The number of hydrogen-bond donors (Lipinski definition) is 5. The molecule has 176 valence electrons. The van der Waals surface area contributed by atoms with Crippen LogP contribution in [0.1, 0.15) is 44.1 Å². The molecule has 0 fully saturated rings. The molecule has 32 heavy (non-hydrogen) atoms. The van der Waals surface area contributed by atoms with Crippen molar-refractivity contribution in [2.45, 2.75) is 57.2 Å². The molecule has 0 saturated carbocycles. The Morgan fingerprint density at radius 2 is 1.56 bits per heavy atom. The van der Waals surface area contributed by atoms with E-state index in [2.05, 4.69) is 0 Å². The van der Waals surface area contributed by atoms with E-state index in [1.165, 1.54) is 0 Å². The smallest absolute Gasteiger partial charge is 0.342 e. The van der Waals surface area contributed by atoms with Gasteiger partial charge in [-0.25, -0.2) is 14.4 Å². The molecule has 1 aromatic carbocycles. The summed E-state index contributed by atoms with van der Waals surface area (Å²) < 4.78 is 5.10. The first-order chi connectivity index (χ1) is 15.1. The largest absolute Gasteiger partial charge is 0.481 e. The fraction of sp³-hybridized carbons (Fsp3) is 0.450. The van der Waals surface area contributed by atoms with Crippen molar-refractivity contribution in [3.05, 3.63) is 35.9 Å². The molecule has 0 aromatic heterocycles. The van der Waals surface area contributed by atoms with Gasteiger partial charge < -0.3 is 25.4 Å². The molecule has 0 spiro atoms. The van der Waals surface area contributed by atoms with Crippen LogP contribution >= 0.6 is 0 Å². The second-order valence-electron chi connectivity index (χ2n) is 6.86. The quantitative estimate of drug-likeness (QED) is 0.119. The van der Waals surface area contributed by atoms with E-state index in [1.54, 1.807) is 24.3 Å². The number of esters is 1. The Morgan fingerprint density at radius 1 is 0.906 bits per heavy atom. The van der Waals surface area contributed by atoms with E-state index in [1.807, 2.05) is 11.4 Å². The second-order valence-corrected chi connectivity index (χ2v) is 6.86. The monoisotopic (exact) mass is 454 g/mol. The van der Waals surface area contributed by atoms with Gasteiger partial charge in [-0.3, -0.25) is 14.8 Å². The molecule has 0 aliphatic carbocycles. The highest BCUT2D eigenvalue weighted by atomic mass is 16.5. The van der Waals surface area contributed by atoms with Crippen LogP contribution in [0.3, 0.4) is 0 Å². The van der Waals surface area contributed by atoms with Crippen LogP contribution in [0, 0.1) is 0 Å². The van der Waals surface area contributed by atoms with Gasteiger partial charge in [0, 0.05) is 12.8 Å². The molecule has 1 aromatic rings. The van der Waals surface area contributed by atoms with Crippen LogP contribution in [0.15, 0.2) is 30.3 Å². The number of amides is 2. The van der Waals surface area contributed by atoms with Crippen molar-refractivity contribution in [2.75, 3.05) is 0 Å². The zero-order valence-electron chi connectivity index (χ0n) is 17.2.